The van der Waals surface area contributed by atoms with Crippen LogP contribution >= 0.6 is 11.3 Å². The van der Waals surface area contributed by atoms with Gasteiger partial charge in [0.25, 0.3) is 0 Å². The Hall–Kier alpha value is -1.44. The number of methoxy groups -OCH3 is 1. The lowest BCUT2D eigenvalue weighted by atomic mass is 10.1. The van der Waals surface area contributed by atoms with E-state index in [0.29, 0.717) is 6.42 Å². The number of ether oxygens (including phenoxy) is 1. The Bertz CT molecular complexity index is 481. The molecule has 92 valence electrons. The summed E-state index contributed by atoms with van der Waals surface area (Å²) in [6.07, 6.45) is 2.59. The fourth-order valence-electron chi connectivity index (χ4n) is 1.56. The number of hydrogen-bond acceptors (Lipinski definition) is 6. The second kappa shape index (κ2) is 5.26. The molecule has 6 nitrogen and oxygen atoms in total. The number of nitrogens with one attached hydrogen (secondary N) is 1. The molecule has 2 heterocycles. The zero-order valence-electron chi connectivity index (χ0n) is 9.75. The van der Waals surface area contributed by atoms with Gasteiger partial charge in [0.1, 0.15) is 5.75 Å². The molecule has 17 heavy (non-hydrogen) atoms. The number of hydrazine groups is 1. The molecule has 7 heteroatoms. The summed E-state index contributed by atoms with van der Waals surface area (Å²) >= 11 is 1.61. The van der Waals surface area contributed by atoms with Crippen LogP contribution in [0.15, 0.2) is 17.6 Å². The lowest BCUT2D eigenvalue weighted by Gasteiger charge is -2.11. The minimum Gasteiger partial charge on any atom is -0.496 e. The van der Waals surface area contributed by atoms with E-state index in [0.717, 1.165) is 16.3 Å². The van der Waals surface area contributed by atoms with Crippen molar-refractivity contribution >= 4 is 11.3 Å². The molecular formula is C10H15N5OS. The number of aromatic nitrogens is 3. The molecular weight excluding hydrogens is 238 g/mol. The molecule has 1 atom stereocenters. The highest BCUT2D eigenvalue weighted by Crippen LogP contribution is 2.28. The summed E-state index contributed by atoms with van der Waals surface area (Å²) in [5, 5.41) is 9.90. The van der Waals surface area contributed by atoms with Gasteiger partial charge in [-0.2, -0.15) is 0 Å². The minimum atomic E-state index is 0.0283. The van der Waals surface area contributed by atoms with Crippen LogP contribution < -0.4 is 16.0 Å². The molecule has 0 saturated heterocycles. The summed E-state index contributed by atoms with van der Waals surface area (Å²) < 4.78 is 6.83. The summed E-state index contributed by atoms with van der Waals surface area (Å²) in [4.78, 5) is 1.12. The highest BCUT2D eigenvalue weighted by Gasteiger charge is 2.15. The maximum absolute atomic E-state index is 5.57. The van der Waals surface area contributed by atoms with Gasteiger partial charge < -0.3 is 4.74 Å². The number of thiophene rings is 1. The third-order valence-corrected chi connectivity index (χ3v) is 3.46. The van der Waals surface area contributed by atoms with Crippen LogP contribution in [-0.2, 0) is 13.5 Å². The first-order chi connectivity index (χ1) is 8.22. The summed E-state index contributed by atoms with van der Waals surface area (Å²) in [6, 6.07) is 2.01. The van der Waals surface area contributed by atoms with Crippen LogP contribution in [0.4, 0.5) is 0 Å². The monoisotopic (exact) mass is 253 g/mol. The van der Waals surface area contributed by atoms with Crippen LogP contribution in [0.3, 0.4) is 0 Å². The first-order valence-corrected chi connectivity index (χ1v) is 6.04. The molecule has 0 radical (unpaired) electrons. The number of nitrogens with two attached hydrogens (primary N) is 1. The van der Waals surface area contributed by atoms with Crippen molar-refractivity contribution in [2.75, 3.05) is 7.11 Å². The Morgan fingerprint density at radius 2 is 2.47 bits per heavy atom. The fourth-order valence-corrected chi connectivity index (χ4v) is 2.48. The van der Waals surface area contributed by atoms with Crippen LogP contribution in [0.5, 0.6) is 5.75 Å². The van der Waals surface area contributed by atoms with E-state index in [-0.39, 0.29) is 6.04 Å². The Labute approximate surface area is 103 Å². The van der Waals surface area contributed by atoms with Gasteiger partial charge in [-0.3, -0.25) is 16.0 Å². The first-order valence-electron chi connectivity index (χ1n) is 5.16. The van der Waals surface area contributed by atoms with Gasteiger partial charge in [0, 0.05) is 29.9 Å². The van der Waals surface area contributed by atoms with Crippen molar-refractivity contribution in [3.05, 3.63) is 28.2 Å². The lowest BCUT2D eigenvalue weighted by molar-refractivity contribution is 0.415. The standard InChI is InChI=1S/C10H15N5OS/c1-15-5-7(13-14-15)3-9(12-11)10-4-8(16-2)6-17-10/h4-6,9,12H,3,11H2,1-2H3. The Kier molecular flexibility index (Phi) is 3.72. The van der Waals surface area contributed by atoms with E-state index in [1.54, 1.807) is 23.1 Å². The van der Waals surface area contributed by atoms with Crippen LogP contribution in [-0.4, -0.2) is 22.1 Å². The van der Waals surface area contributed by atoms with E-state index in [1.807, 2.05) is 24.7 Å². The zero-order chi connectivity index (χ0) is 12.3. The molecule has 3 N–H and O–H groups in total. The van der Waals surface area contributed by atoms with E-state index in [2.05, 4.69) is 15.7 Å². The van der Waals surface area contributed by atoms with Crippen LogP contribution in [0.2, 0.25) is 0 Å². The van der Waals surface area contributed by atoms with Gasteiger partial charge in [-0.15, -0.1) is 16.4 Å². The highest BCUT2D eigenvalue weighted by molar-refractivity contribution is 7.10. The van der Waals surface area contributed by atoms with Gasteiger partial charge in [-0.1, -0.05) is 5.21 Å². The Morgan fingerprint density at radius 1 is 1.65 bits per heavy atom. The van der Waals surface area contributed by atoms with E-state index in [9.17, 15) is 0 Å². The quantitative estimate of drug-likeness (QED) is 0.603. The van der Waals surface area contributed by atoms with Crippen molar-refractivity contribution in [1.82, 2.24) is 20.4 Å². The molecule has 0 aliphatic carbocycles. The Balaban J connectivity index is 2.10. The second-order valence-corrected chi connectivity index (χ2v) is 4.64. The molecule has 0 spiro atoms. The van der Waals surface area contributed by atoms with Crippen LogP contribution in [0.1, 0.15) is 16.6 Å². The van der Waals surface area contributed by atoms with Gasteiger partial charge in [0.15, 0.2) is 0 Å². The van der Waals surface area contributed by atoms with Crippen LogP contribution in [0.25, 0.3) is 0 Å². The molecule has 0 saturated carbocycles. The van der Waals surface area contributed by atoms with E-state index < -0.39 is 0 Å². The molecule has 0 aromatic carbocycles. The average Bonchev–Trinajstić information content (AvgIpc) is 2.94. The molecule has 2 rings (SSSR count). The van der Waals surface area contributed by atoms with Crippen molar-refractivity contribution in [1.29, 1.82) is 0 Å². The minimum absolute atomic E-state index is 0.0283. The lowest BCUT2D eigenvalue weighted by Crippen LogP contribution is -2.29. The van der Waals surface area contributed by atoms with E-state index >= 15 is 0 Å². The summed E-state index contributed by atoms with van der Waals surface area (Å²) in [7, 11) is 3.49. The van der Waals surface area contributed by atoms with Crippen LogP contribution in [0, 0.1) is 0 Å². The van der Waals surface area contributed by atoms with Crippen molar-refractivity contribution in [3.8, 4) is 5.75 Å². The highest BCUT2D eigenvalue weighted by atomic mass is 32.1. The molecule has 0 amide bonds. The number of rotatable bonds is 5. The molecule has 2 aromatic heterocycles. The predicted molar refractivity (Wildman–Crippen MR) is 65.6 cm³/mol. The maximum atomic E-state index is 5.57. The normalized spacial score (nSPS) is 12.6. The van der Waals surface area contributed by atoms with Crippen molar-refractivity contribution in [2.45, 2.75) is 12.5 Å². The number of aryl methyl sites for hydroxylation is 1. The summed E-state index contributed by atoms with van der Waals surface area (Å²) in [5.74, 6) is 6.42. The first kappa shape index (κ1) is 12.0. The number of nitrogens with zero attached hydrogens (tertiary/aromatic N) is 3. The van der Waals surface area contributed by atoms with Gasteiger partial charge in [-0.25, -0.2) is 0 Å². The SMILES string of the molecule is COc1csc(C(Cc2cn(C)nn2)NN)c1. The van der Waals surface area contributed by atoms with Gasteiger partial charge in [-0.05, 0) is 6.07 Å². The smallest absolute Gasteiger partial charge is 0.129 e. The average molecular weight is 253 g/mol. The maximum Gasteiger partial charge on any atom is 0.129 e. The number of hydrogen-bond donors (Lipinski definition) is 2. The van der Waals surface area contributed by atoms with E-state index in [4.69, 9.17) is 10.6 Å². The summed E-state index contributed by atoms with van der Waals surface area (Å²) in [6.45, 7) is 0. The largest absolute Gasteiger partial charge is 0.496 e. The van der Waals surface area contributed by atoms with Crippen molar-refractivity contribution in [3.63, 3.8) is 0 Å². The zero-order valence-corrected chi connectivity index (χ0v) is 10.6. The summed E-state index contributed by atoms with van der Waals surface area (Å²) in [5.41, 5.74) is 3.70. The van der Waals surface area contributed by atoms with Crippen molar-refractivity contribution in [2.24, 2.45) is 12.9 Å². The second-order valence-electron chi connectivity index (χ2n) is 3.70. The third-order valence-electron chi connectivity index (χ3n) is 2.44. The fraction of sp³-hybridized carbons (Fsp3) is 0.400. The van der Waals surface area contributed by atoms with Gasteiger partial charge >= 0.3 is 0 Å². The molecule has 0 fully saturated rings. The molecule has 0 aliphatic rings. The van der Waals surface area contributed by atoms with E-state index in [1.165, 1.54) is 0 Å². The Morgan fingerprint density at radius 3 is 3.00 bits per heavy atom. The topological polar surface area (TPSA) is 78.0 Å². The molecule has 0 bridgehead atoms. The molecule has 2 aromatic rings. The van der Waals surface area contributed by atoms with Gasteiger partial charge in [0.05, 0.1) is 18.8 Å². The molecule has 1 unspecified atom stereocenters. The third kappa shape index (κ3) is 2.82. The van der Waals surface area contributed by atoms with Crippen molar-refractivity contribution < 1.29 is 4.74 Å². The van der Waals surface area contributed by atoms with Gasteiger partial charge in [0.2, 0.25) is 0 Å². The predicted octanol–water partition coefficient (Wildman–Crippen LogP) is 0.632. The molecule has 0 aliphatic heterocycles.